The third kappa shape index (κ3) is 5.97. The zero-order chi connectivity index (χ0) is 30.2. The molecule has 1 saturated carbocycles. The summed E-state index contributed by atoms with van der Waals surface area (Å²) in [5.41, 5.74) is 1.86. The topological polar surface area (TPSA) is 176 Å². The molecule has 0 atom stereocenters. The molecule has 218 valence electrons. The summed E-state index contributed by atoms with van der Waals surface area (Å²) < 4.78 is 16.4. The van der Waals surface area contributed by atoms with Crippen LogP contribution in [0.2, 0.25) is 0 Å². The Bertz CT molecular complexity index is 1620. The van der Waals surface area contributed by atoms with Crippen molar-refractivity contribution in [1.82, 2.24) is 9.97 Å². The van der Waals surface area contributed by atoms with E-state index >= 15 is 0 Å². The molecule has 0 saturated heterocycles. The zero-order valence-corrected chi connectivity index (χ0v) is 23.6. The van der Waals surface area contributed by atoms with Gasteiger partial charge in [0.25, 0.3) is 0 Å². The highest BCUT2D eigenvalue weighted by atomic mass is 16.6. The number of nitriles is 1. The van der Waals surface area contributed by atoms with Gasteiger partial charge in [0.1, 0.15) is 29.8 Å². The van der Waals surface area contributed by atoms with Crippen molar-refractivity contribution in [2.45, 2.75) is 52.2 Å². The summed E-state index contributed by atoms with van der Waals surface area (Å²) in [6, 6.07) is 7.33. The zero-order valence-electron chi connectivity index (χ0n) is 23.6. The van der Waals surface area contributed by atoms with Crippen LogP contribution < -0.4 is 20.3 Å². The van der Waals surface area contributed by atoms with Crippen LogP contribution in [0.25, 0.3) is 21.9 Å². The molecular formula is C29H30N6O7. The Morgan fingerprint density at radius 2 is 1.88 bits per heavy atom. The molecule has 1 fully saturated rings. The molecule has 1 aromatic carbocycles. The fourth-order valence-electron chi connectivity index (χ4n) is 4.87. The molecule has 3 N–H and O–H groups in total. The van der Waals surface area contributed by atoms with Gasteiger partial charge in [0.2, 0.25) is 5.88 Å². The Hall–Kier alpha value is -5.12. The molecule has 13 nitrogen and oxygen atoms in total. The summed E-state index contributed by atoms with van der Waals surface area (Å²) in [6.45, 7) is 7.38. The maximum absolute atomic E-state index is 12.7. The lowest BCUT2D eigenvalue weighted by Gasteiger charge is -2.29. The average Bonchev–Trinajstić information content (AvgIpc) is 2.89. The van der Waals surface area contributed by atoms with E-state index in [1.165, 1.54) is 11.1 Å². The van der Waals surface area contributed by atoms with Crippen LogP contribution in [0.3, 0.4) is 0 Å². The van der Waals surface area contributed by atoms with Crippen molar-refractivity contribution in [3.63, 3.8) is 0 Å². The van der Waals surface area contributed by atoms with Gasteiger partial charge in [0.05, 0.1) is 24.2 Å². The van der Waals surface area contributed by atoms with E-state index in [9.17, 15) is 19.5 Å². The first kappa shape index (κ1) is 28.4. The molecule has 2 aliphatic rings. The number of hydrogen-bond acceptors (Lipinski definition) is 9. The molecule has 0 radical (unpaired) electrons. The van der Waals surface area contributed by atoms with Crippen molar-refractivity contribution in [1.29, 1.82) is 5.26 Å². The fraction of sp³-hybridized carbons (Fsp3) is 0.379. The monoisotopic (exact) mass is 574 g/mol. The van der Waals surface area contributed by atoms with Crippen molar-refractivity contribution in [2.75, 3.05) is 28.7 Å². The van der Waals surface area contributed by atoms with Gasteiger partial charge in [-0.1, -0.05) is 0 Å². The summed E-state index contributed by atoms with van der Waals surface area (Å²) in [6.07, 6.45) is 1.29. The second-order valence-corrected chi connectivity index (χ2v) is 11.1. The number of pyridine rings is 2. The highest BCUT2D eigenvalue weighted by Crippen LogP contribution is 2.40. The minimum absolute atomic E-state index is 0.105. The number of carbonyl (C=O) groups is 3. The lowest BCUT2D eigenvalue weighted by atomic mass is 9.84. The van der Waals surface area contributed by atoms with Crippen LogP contribution in [-0.2, 0) is 9.47 Å². The summed E-state index contributed by atoms with van der Waals surface area (Å²) in [5, 5.41) is 25.3. The molecule has 0 spiro atoms. The first-order valence-corrected chi connectivity index (χ1v) is 13.4. The summed E-state index contributed by atoms with van der Waals surface area (Å²) in [7, 11) is 0. The maximum Gasteiger partial charge on any atom is 0.413 e. The SMILES string of the molecule is Cc1c(-c2cc(NC(=O)OC(C)(C)C)c3cnc(NC(=O)OC4CC(C#N)C4)cc3c2)cnc2c1N(C(=O)O)CCO2. The molecular weight excluding hydrogens is 544 g/mol. The van der Waals surface area contributed by atoms with Gasteiger partial charge in [0.15, 0.2) is 0 Å². The van der Waals surface area contributed by atoms with E-state index in [1.807, 2.05) is 6.07 Å². The number of carbonyl (C=O) groups excluding carboxylic acids is 2. The second kappa shape index (κ2) is 11.0. The number of aromatic nitrogens is 2. The van der Waals surface area contributed by atoms with E-state index in [1.54, 1.807) is 46.0 Å². The summed E-state index contributed by atoms with van der Waals surface area (Å²) in [4.78, 5) is 47.0. The fourth-order valence-corrected chi connectivity index (χ4v) is 4.87. The second-order valence-electron chi connectivity index (χ2n) is 11.1. The van der Waals surface area contributed by atoms with Gasteiger partial charge in [-0.2, -0.15) is 5.26 Å². The standard InChI is InChI=1S/C29H30N6O7/c1-15-20(13-32-25-24(15)35(28(38)39)5-6-40-25)17-9-18-11-23(34-26(36)41-19-7-16(8-19)12-30)31-14-21(18)22(10-17)33-27(37)42-29(2,3)4/h9-11,13-14,16,19H,5-8H2,1-4H3,(H,33,37)(H,38,39)(H,31,34,36). The molecule has 0 unspecified atom stereocenters. The van der Waals surface area contributed by atoms with E-state index in [0.29, 0.717) is 51.7 Å². The molecule has 3 heterocycles. The van der Waals surface area contributed by atoms with Crippen LogP contribution in [0.15, 0.2) is 30.6 Å². The highest BCUT2D eigenvalue weighted by Gasteiger charge is 2.32. The van der Waals surface area contributed by atoms with E-state index in [4.69, 9.17) is 19.5 Å². The van der Waals surface area contributed by atoms with Crippen molar-refractivity contribution in [3.05, 3.63) is 36.2 Å². The lowest BCUT2D eigenvalue weighted by molar-refractivity contribution is 0.0417. The Labute approximate surface area is 241 Å². The Morgan fingerprint density at radius 3 is 2.57 bits per heavy atom. The molecule has 42 heavy (non-hydrogen) atoms. The number of anilines is 3. The molecule has 1 aliphatic heterocycles. The normalized spacial score (nSPS) is 17.6. The van der Waals surface area contributed by atoms with Crippen molar-refractivity contribution < 1.29 is 33.7 Å². The summed E-state index contributed by atoms with van der Waals surface area (Å²) >= 11 is 0. The predicted octanol–water partition coefficient (Wildman–Crippen LogP) is 5.68. The minimum Gasteiger partial charge on any atom is -0.474 e. The van der Waals surface area contributed by atoms with Gasteiger partial charge < -0.3 is 19.3 Å². The maximum atomic E-state index is 12.7. The third-order valence-electron chi connectivity index (χ3n) is 6.89. The van der Waals surface area contributed by atoms with Gasteiger partial charge in [0, 0.05) is 36.2 Å². The van der Waals surface area contributed by atoms with Crippen LogP contribution in [0.1, 0.15) is 39.2 Å². The molecule has 1 aliphatic carbocycles. The number of amides is 3. The summed E-state index contributed by atoms with van der Waals surface area (Å²) in [5.74, 6) is 0.334. The van der Waals surface area contributed by atoms with Crippen LogP contribution in [0.4, 0.5) is 31.6 Å². The van der Waals surface area contributed by atoms with Gasteiger partial charge in [-0.05, 0) is 62.4 Å². The molecule has 13 heteroatoms. The number of hydrogen-bond donors (Lipinski definition) is 3. The van der Waals surface area contributed by atoms with Gasteiger partial charge >= 0.3 is 18.3 Å². The van der Waals surface area contributed by atoms with Gasteiger partial charge in [-0.15, -0.1) is 0 Å². The number of carboxylic acid groups (broad SMARTS) is 1. The van der Waals surface area contributed by atoms with E-state index < -0.39 is 23.9 Å². The number of ether oxygens (including phenoxy) is 3. The third-order valence-corrected chi connectivity index (χ3v) is 6.89. The van der Waals surface area contributed by atoms with Crippen LogP contribution in [0, 0.1) is 24.2 Å². The largest absolute Gasteiger partial charge is 0.474 e. The highest BCUT2D eigenvalue weighted by molar-refractivity contribution is 6.04. The van der Waals surface area contributed by atoms with Crippen LogP contribution in [0.5, 0.6) is 5.88 Å². The smallest absolute Gasteiger partial charge is 0.413 e. The average molecular weight is 575 g/mol. The Kier molecular flexibility index (Phi) is 7.47. The molecule has 0 bridgehead atoms. The van der Waals surface area contributed by atoms with Gasteiger partial charge in [-0.25, -0.2) is 24.4 Å². The number of rotatable bonds is 4. The van der Waals surface area contributed by atoms with Crippen molar-refractivity contribution >= 4 is 46.2 Å². The quantitative estimate of drug-likeness (QED) is 0.351. The Balaban J connectivity index is 1.53. The number of fused-ring (bicyclic) bond motifs is 2. The van der Waals surface area contributed by atoms with E-state index in [-0.39, 0.29) is 36.9 Å². The van der Waals surface area contributed by atoms with E-state index in [2.05, 4.69) is 26.7 Å². The van der Waals surface area contributed by atoms with Crippen molar-refractivity contribution in [3.8, 4) is 23.1 Å². The van der Waals surface area contributed by atoms with Crippen LogP contribution >= 0.6 is 0 Å². The molecule has 3 aromatic rings. The van der Waals surface area contributed by atoms with Crippen LogP contribution in [-0.4, -0.2) is 58.2 Å². The number of benzene rings is 1. The number of nitrogens with zero attached hydrogens (tertiary/aromatic N) is 4. The van der Waals surface area contributed by atoms with Crippen molar-refractivity contribution in [2.24, 2.45) is 5.92 Å². The Morgan fingerprint density at radius 1 is 1.12 bits per heavy atom. The predicted molar refractivity (Wildman–Crippen MR) is 153 cm³/mol. The molecule has 2 aromatic heterocycles. The molecule has 3 amide bonds. The lowest BCUT2D eigenvalue weighted by Crippen LogP contribution is -2.37. The number of nitrogens with one attached hydrogen (secondary N) is 2. The molecule has 5 rings (SSSR count). The first-order chi connectivity index (χ1) is 19.9. The first-order valence-electron chi connectivity index (χ1n) is 13.4. The van der Waals surface area contributed by atoms with Gasteiger partial charge in [-0.3, -0.25) is 15.5 Å². The minimum atomic E-state index is -1.12. The van der Waals surface area contributed by atoms with E-state index in [0.717, 1.165) is 0 Å².